The topological polar surface area (TPSA) is 55.4 Å². The molecule has 3 nitrogen and oxygen atoms in total. The van der Waals surface area contributed by atoms with Crippen molar-refractivity contribution in [3.63, 3.8) is 0 Å². The van der Waals surface area contributed by atoms with Gasteiger partial charge < -0.3 is 5.73 Å². The Kier molecular flexibility index (Phi) is 2.06. The first-order valence-electron chi connectivity index (χ1n) is 4.32. The largest absolute Gasteiger partial charge is 0.398 e. The van der Waals surface area contributed by atoms with Crippen LogP contribution in [-0.4, -0.2) is 6.08 Å². The number of hydrogen-bond donors (Lipinski definition) is 1. The second kappa shape index (κ2) is 3.12. The number of hydrogen-bond acceptors (Lipinski definition) is 3. The smallest absolute Gasteiger partial charge is 0.235 e. The Balaban J connectivity index is 2.42. The molecule has 0 atom stereocenters. The summed E-state index contributed by atoms with van der Waals surface area (Å²) in [6, 6.07) is 5.36. The third kappa shape index (κ3) is 1.41. The predicted octanol–water partition coefficient (Wildman–Crippen LogP) is 2.25. The number of carbonyl (C=O) groups excluding carboxylic acids is 1. The van der Waals surface area contributed by atoms with E-state index in [2.05, 4.69) is 4.99 Å². The van der Waals surface area contributed by atoms with Gasteiger partial charge in [0.25, 0.3) is 0 Å². The molecule has 1 aromatic carbocycles. The van der Waals surface area contributed by atoms with Crippen LogP contribution in [0, 0.1) is 0 Å². The van der Waals surface area contributed by atoms with Gasteiger partial charge in [-0.15, -0.1) is 0 Å². The van der Waals surface area contributed by atoms with Gasteiger partial charge in [0, 0.05) is 0 Å². The summed E-state index contributed by atoms with van der Waals surface area (Å²) in [7, 11) is 0. The van der Waals surface area contributed by atoms with E-state index in [1.807, 2.05) is 6.07 Å². The van der Waals surface area contributed by atoms with Crippen LogP contribution in [0.4, 0.5) is 5.69 Å². The third-order valence-electron chi connectivity index (χ3n) is 2.52. The zero-order valence-corrected chi connectivity index (χ0v) is 8.21. The van der Waals surface area contributed by atoms with Gasteiger partial charge in [0.2, 0.25) is 6.08 Å². The first-order chi connectivity index (χ1) is 6.68. The van der Waals surface area contributed by atoms with E-state index >= 15 is 0 Å². The van der Waals surface area contributed by atoms with Crippen molar-refractivity contribution in [3.05, 3.63) is 28.8 Å². The van der Waals surface area contributed by atoms with E-state index in [1.165, 1.54) is 0 Å². The molecule has 0 unspecified atom stereocenters. The average Bonchev–Trinajstić information content (AvgIpc) is 2.91. The summed E-state index contributed by atoms with van der Waals surface area (Å²) < 4.78 is 0. The minimum absolute atomic E-state index is 0.361. The lowest BCUT2D eigenvalue weighted by atomic mass is 10.1. The number of benzene rings is 1. The summed E-state index contributed by atoms with van der Waals surface area (Å²) in [6.45, 7) is 0. The van der Waals surface area contributed by atoms with Crippen molar-refractivity contribution < 1.29 is 4.79 Å². The van der Waals surface area contributed by atoms with Gasteiger partial charge in [-0.05, 0) is 30.5 Å². The van der Waals surface area contributed by atoms with E-state index in [1.54, 1.807) is 18.2 Å². The minimum Gasteiger partial charge on any atom is -0.398 e. The van der Waals surface area contributed by atoms with Gasteiger partial charge >= 0.3 is 0 Å². The van der Waals surface area contributed by atoms with Crippen LogP contribution in [0.2, 0.25) is 5.02 Å². The summed E-state index contributed by atoms with van der Waals surface area (Å²) in [6.07, 6.45) is 3.36. The molecule has 0 aromatic heterocycles. The summed E-state index contributed by atoms with van der Waals surface area (Å²) in [4.78, 5) is 14.0. The van der Waals surface area contributed by atoms with Gasteiger partial charge in [0.1, 0.15) is 0 Å². The number of anilines is 1. The van der Waals surface area contributed by atoms with Gasteiger partial charge in [0.15, 0.2) is 0 Å². The molecule has 0 spiro atoms. The highest BCUT2D eigenvalue weighted by Gasteiger charge is 2.44. The second-order valence-electron chi connectivity index (χ2n) is 3.47. The third-order valence-corrected chi connectivity index (χ3v) is 2.86. The highest BCUT2D eigenvalue weighted by Crippen LogP contribution is 2.49. The number of rotatable bonds is 2. The van der Waals surface area contributed by atoms with Crippen molar-refractivity contribution >= 4 is 23.4 Å². The van der Waals surface area contributed by atoms with Crippen LogP contribution in [-0.2, 0) is 10.3 Å². The van der Waals surface area contributed by atoms with Crippen molar-refractivity contribution in [2.75, 3.05) is 5.73 Å². The summed E-state index contributed by atoms with van der Waals surface area (Å²) >= 11 is 5.80. The van der Waals surface area contributed by atoms with E-state index < -0.39 is 0 Å². The fourth-order valence-electron chi connectivity index (χ4n) is 1.50. The maximum Gasteiger partial charge on any atom is 0.235 e. The van der Waals surface area contributed by atoms with Crippen LogP contribution >= 0.6 is 11.6 Å². The van der Waals surface area contributed by atoms with Gasteiger partial charge in [0.05, 0.1) is 16.2 Å². The zero-order chi connectivity index (χ0) is 10.2. The molecule has 1 aliphatic carbocycles. The van der Waals surface area contributed by atoms with E-state index in [9.17, 15) is 4.79 Å². The molecule has 1 saturated carbocycles. The number of nitrogens with zero attached hydrogens (tertiary/aromatic N) is 1. The Morgan fingerprint density at radius 3 is 2.71 bits per heavy atom. The molecule has 1 aliphatic rings. The lowest BCUT2D eigenvalue weighted by Crippen LogP contribution is -2.03. The SMILES string of the molecule is Nc1cc(C2(N=C=O)CC2)ccc1Cl. The Hall–Kier alpha value is -1.31. The molecule has 0 radical (unpaired) electrons. The van der Waals surface area contributed by atoms with Crippen LogP contribution in [0.15, 0.2) is 23.2 Å². The number of isocyanates is 1. The Morgan fingerprint density at radius 1 is 1.50 bits per heavy atom. The molecular formula is C10H9ClN2O. The molecule has 72 valence electrons. The van der Waals surface area contributed by atoms with Gasteiger partial charge in [-0.3, -0.25) is 0 Å². The maximum absolute atomic E-state index is 10.2. The Bertz CT molecular complexity index is 420. The van der Waals surface area contributed by atoms with Gasteiger partial charge in [-0.2, -0.15) is 4.99 Å². The highest BCUT2D eigenvalue weighted by atomic mass is 35.5. The minimum atomic E-state index is -0.361. The molecule has 1 fully saturated rings. The molecule has 0 saturated heterocycles. The second-order valence-corrected chi connectivity index (χ2v) is 3.88. The Morgan fingerprint density at radius 2 is 2.21 bits per heavy atom. The molecule has 14 heavy (non-hydrogen) atoms. The highest BCUT2D eigenvalue weighted by molar-refractivity contribution is 6.33. The maximum atomic E-state index is 10.2. The van der Waals surface area contributed by atoms with Crippen LogP contribution in [0.3, 0.4) is 0 Å². The van der Waals surface area contributed by atoms with Crippen molar-refractivity contribution in [2.24, 2.45) is 4.99 Å². The van der Waals surface area contributed by atoms with Crippen molar-refractivity contribution in [1.82, 2.24) is 0 Å². The van der Waals surface area contributed by atoms with Crippen LogP contribution in [0.1, 0.15) is 18.4 Å². The average molecular weight is 209 g/mol. The normalized spacial score (nSPS) is 17.2. The van der Waals surface area contributed by atoms with Gasteiger partial charge in [-0.25, -0.2) is 4.79 Å². The molecule has 0 heterocycles. The monoisotopic (exact) mass is 208 g/mol. The first-order valence-corrected chi connectivity index (χ1v) is 4.70. The van der Waals surface area contributed by atoms with Crippen molar-refractivity contribution in [3.8, 4) is 0 Å². The molecule has 0 bridgehead atoms. The molecule has 4 heteroatoms. The lowest BCUT2D eigenvalue weighted by molar-refractivity contribution is 0.556. The predicted molar refractivity (Wildman–Crippen MR) is 54.9 cm³/mol. The number of halogens is 1. The van der Waals surface area contributed by atoms with E-state index in [-0.39, 0.29) is 5.54 Å². The summed E-state index contributed by atoms with van der Waals surface area (Å²) in [5.74, 6) is 0. The summed E-state index contributed by atoms with van der Waals surface area (Å²) in [5, 5.41) is 0.527. The fraction of sp³-hybridized carbons (Fsp3) is 0.300. The van der Waals surface area contributed by atoms with E-state index in [0.717, 1.165) is 18.4 Å². The quantitative estimate of drug-likeness (QED) is 0.461. The Labute approximate surface area is 86.6 Å². The standard InChI is InChI=1S/C10H9ClN2O/c11-8-2-1-7(5-9(8)12)10(3-4-10)13-6-14/h1-2,5H,3-4,12H2. The molecule has 0 aliphatic heterocycles. The number of nitrogens with two attached hydrogens (primary N) is 1. The van der Waals surface area contributed by atoms with Crippen molar-refractivity contribution in [2.45, 2.75) is 18.4 Å². The van der Waals surface area contributed by atoms with Crippen LogP contribution < -0.4 is 5.73 Å². The lowest BCUT2D eigenvalue weighted by Gasteiger charge is -2.09. The van der Waals surface area contributed by atoms with Crippen LogP contribution in [0.25, 0.3) is 0 Å². The van der Waals surface area contributed by atoms with Crippen LogP contribution in [0.5, 0.6) is 0 Å². The van der Waals surface area contributed by atoms with E-state index in [0.29, 0.717) is 10.7 Å². The van der Waals surface area contributed by atoms with Crippen molar-refractivity contribution in [1.29, 1.82) is 0 Å². The number of aliphatic imine (C=N–C) groups is 1. The number of nitrogen functional groups attached to an aromatic ring is 1. The zero-order valence-electron chi connectivity index (χ0n) is 7.46. The van der Waals surface area contributed by atoms with Gasteiger partial charge in [-0.1, -0.05) is 17.7 Å². The molecule has 2 N–H and O–H groups in total. The van der Waals surface area contributed by atoms with E-state index in [4.69, 9.17) is 17.3 Å². The summed E-state index contributed by atoms with van der Waals surface area (Å²) in [5.41, 5.74) is 6.78. The molecular weight excluding hydrogens is 200 g/mol. The molecule has 1 aromatic rings. The molecule has 0 amide bonds. The first kappa shape index (κ1) is 9.25. The fourth-order valence-corrected chi connectivity index (χ4v) is 1.62. The molecule has 2 rings (SSSR count).